The molecule has 4 heteroatoms. The zero-order chi connectivity index (χ0) is 10.6. The summed E-state index contributed by atoms with van der Waals surface area (Å²) in [5, 5.41) is 17.5. The highest BCUT2D eigenvalue weighted by Gasteiger charge is 2.09. The predicted octanol–water partition coefficient (Wildman–Crippen LogP) is 1.59. The highest BCUT2D eigenvalue weighted by Crippen LogP contribution is 2.22. The Morgan fingerprint density at radius 1 is 1.57 bits per heavy atom. The Kier molecular flexibility index (Phi) is 3.43. The molecule has 0 aliphatic carbocycles. The number of aliphatic hydroxyl groups excluding tert-OH is 1. The van der Waals surface area contributed by atoms with E-state index in [4.69, 9.17) is 15.1 Å². The Morgan fingerprint density at radius 2 is 2.29 bits per heavy atom. The summed E-state index contributed by atoms with van der Waals surface area (Å²) in [5.41, 5.74) is 0.272. The van der Waals surface area contributed by atoms with E-state index in [0.29, 0.717) is 12.4 Å². The molecule has 0 atom stereocenters. The molecule has 0 unspecified atom stereocenters. The second kappa shape index (κ2) is 4.58. The van der Waals surface area contributed by atoms with E-state index < -0.39 is 12.4 Å². The molecule has 14 heavy (non-hydrogen) atoms. The van der Waals surface area contributed by atoms with Gasteiger partial charge in [0, 0.05) is 5.56 Å². The number of hydrogen-bond acceptors (Lipinski definition) is 3. The number of benzene rings is 1. The Morgan fingerprint density at radius 3 is 2.79 bits per heavy atom. The molecule has 74 valence electrons. The van der Waals surface area contributed by atoms with Crippen molar-refractivity contribution in [2.45, 2.75) is 13.5 Å². The van der Waals surface area contributed by atoms with Crippen LogP contribution in [0.1, 0.15) is 18.1 Å². The molecule has 0 heterocycles. The van der Waals surface area contributed by atoms with Crippen LogP contribution in [0.5, 0.6) is 5.75 Å². The maximum Gasteiger partial charge on any atom is 0.137 e. The molecular formula is C10H10FNO2. The van der Waals surface area contributed by atoms with Crippen LogP contribution in [0.25, 0.3) is 0 Å². The lowest BCUT2D eigenvalue weighted by Crippen LogP contribution is -1.98. The topological polar surface area (TPSA) is 53.2 Å². The van der Waals surface area contributed by atoms with Gasteiger partial charge in [-0.3, -0.25) is 0 Å². The van der Waals surface area contributed by atoms with E-state index in [1.807, 2.05) is 6.07 Å². The smallest absolute Gasteiger partial charge is 0.137 e. The molecule has 1 rings (SSSR count). The van der Waals surface area contributed by atoms with Gasteiger partial charge in [0.1, 0.15) is 17.6 Å². The number of nitriles is 1. The van der Waals surface area contributed by atoms with Crippen LogP contribution in [0.4, 0.5) is 4.39 Å². The van der Waals surface area contributed by atoms with Crippen molar-refractivity contribution < 1.29 is 14.2 Å². The fourth-order valence-corrected chi connectivity index (χ4v) is 1.08. The van der Waals surface area contributed by atoms with Gasteiger partial charge in [0.05, 0.1) is 18.8 Å². The van der Waals surface area contributed by atoms with Crippen LogP contribution in [0.2, 0.25) is 0 Å². The summed E-state index contributed by atoms with van der Waals surface area (Å²) in [6.45, 7) is 1.76. The monoisotopic (exact) mass is 195 g/mol. The molecule has 1 aromatic rings. The van der Waals surface area contributed by atoms with Gasteiger partial charge in [-0.25, -0.2) is 4.39 Å². The molecule has 0 aliphatic rings. The summed E-state index contributed by atoms with van der Waals surface area (Å²) in [7, 11) is 0. The summed E-state index contributed by atoms with van der Waals surface area (Å²) in [6, 6.07) is 4.24. The summed E-state index contributed by atoms with van der Waals surface area (Å²) in [5.74, 6) is -0.284. The minimum absolute atomic E-state index is 0.132. The van der Waals surface area contributed by atoms with Crippen molar-refractivity contribution in [2.75, 3.05) is 6.61 Å². The molecular weight excluding hydrogens is 185 g/mol. The van der Waals surface area contributed by atoms with Crippen molar-refractivity contribution in [1.29, 1.82) is 5.26 Å². The van der Waals surface area contributed by atoms with Crippen molar-refractivity contribution in [3.8, 4) is 11.8 Å². The molecule has 0 radical (unpaired) electrons. The van der Waals surface area contributed by atoms with Crippen molar-refractivity contribution in [1.82, 2.24) is 0 Å². The van der Waals surface area contributed by atoms with Gasteiger partial charge in [-0.15, -0.1) is 0 Å². The standard InChI is InChI=1S/C10H10FNO2/c1-2-14-10-4-8(6-13)9(11)3-7(10)5-12/h3-4,13H,2,6H2,1H3. The molecule has 0 fully saturated rings. The minimum atomic E-state index is -0.590. The maximum atomic E-state index is 13.1. The first kappa shape index (κ1) is 10.5. The van der Waals surface area contributed by atoms with Crippen LogP contribution in [-0.2, 0) is 6.61 Å². The van der Waals surface area contributed by atoms with Crippen LogP contribution in [-0.4, -0.2) is 11.7 Å². The van der Waals surface area contributed by atoms with Crippen LogP contribution < -0.4 is 4.74 Å². The van der Waals surface area contributed by atoms with E-state index in [-0.39, 0.29) is 11.1 Å². The van der Waals surface area contributed by atoms with Gasteiger partial charge in [0.25, 0.3) is 0 Å². The molecule has 1 aromatic carbocycles. The first-order chi connectivity index (χ1) is 6.72. The minimum Gasteiger partial charge on any atom is -0.492 e. The van der Waals surface area contributed by atoms with Crippen molar-refractivity contribution in [2.24, 2.45) is 0 Å². The fourth-order valence-electron chi connectivity index (χ4n) is 1.08. The van der Waals surface area contributed by atoms with Gasteiger partial charge in [-0.1, -0.05) is 0 Å². The van der Waals surface area contributed by atoms with E-state index in [1.165, 1.54) is 6.07 Å². The summed E-state index contributed by atoms with van der Waals surface area (Å²) >= 11 is 0. The average molecular weight is 195 g/mol. The number of ether oxygens (including phenoxy) is 1. The highest BCUT2D eigenvalue weighted by molar-refractivity contribution is 5.45. The van der Waals surface area contributed by atoms with Gasteiger partial charge in [0.2, 0.25) is 0 Å². The zero-order valence-electron chi connectivity index (χ0n) is 7.75. The van der Waals surface area contributed by atoms with Crippen LogP contribution in [0.3, 0.4) is 0 Å². The first-order valence-corrected chi connectivity index (χ1v) is 4.19. The van der Waals surface area contributed by atoms with Gasteiger partial charge >= 0.3 is 0 Å². The lowest BCUT2D eigenvalue weighted by atomic mass is 10.1. The number of aliphatic hydroxyl groups is 1. The van der Waals surface area contributed by atoms with Crippen molar-refractivity contribution in [3.05, 3.63) is 29.1 Å². The van der Waals surface area contributed by atoms with E-state index in [9.17, 15) is 4.39 Å². The highest BCUT2D eigenvalue weighted by atomic mass is 19.1. The van der Waals surface area contributed by atoms with Crippen LogP contribution >= 0.6 is 0 Å². The largest absolute Gasteiger partial charge is 0.492 e. The molecule has 0 aliphatic heterocycles. The summed E-state index contributed by atoms with van der Waals surface area (Å²) in [6.07, 6.45) is 0. The molecule has 0 spiro atoms. The van der Waals surface area contributed by atoms with Crippen LogP contribution in [0, 0.1) is 17.1 Å². The Hall–Kier alpha value is -1.60. The second-order valence-electron chi connectivity index (χ2n) is 2.64. The van der Waals surface area contributed by atoms with Crippen molar-refractivity contribution >= 4 is 0 Å². The molecule has 0 bridgehead atoms. The molecule has 0 saturated carbocycles. The first-order valence-electron chi connectivity index (χ1n) is 4.19. The second-order valence-corrected chi connectivity index (χ2v) is 2.64. The summed E-state index contributed by atoms with van der Waals surface area (Å²) in [4.78, 5) is 0. The zero-order valence-corrected chi connectivity index (χ0v) is 7.75. The number of rotatable bonds is 3. The predicted molar refractivity (Wildman–Crippen MR) is 48.2 cm³/mol. The van der Waals surface area contributed by atoms with Gasteiger partial charge < -0.3 is 9.84 Å². The molecule has 3 nitrogen and oxygen atoms in total. The van der Waals surface area contributed by atoms with Gasteiger partial charge in [-0.2, -0.15) is 5.26 Å². The molecule has 0 amide bonds. The van der Waals surface area contributed by atoms with Crippen molar-refractivity contribution in [3.63, 3.8) is 0 Å². The fraction of sp³-hybridized carbons (Fsp3) is 0.300. The van der Waals surface area contributed by atoms with E-state index in [1.54, 1.807) is 6.92 Å². The molecule has 0 saturated heterocycles. The van der Waals surface area contributed by atoms with E-state index in [2.05, 4.69) is 0 Å². The third-order valence-electron chi connectivity index (χ3n) is 1.74. The Bertz CT molecular complexity index is 371. The van der Waals surface area contributed by atoms with Gasteiger partial charge in [-0.05, 0) is 19.1 Å². The third-order valence-corrected chi connectivity index (χ3v) is 1.74. The molecule has 1 N–H and O–H groups in total. The Labute approximate surface area is 81.4 Å². The SMILES string of the molecule is CCOc1cc(CO)c(F)cc1C#N. The lowest BCUT2D eigenvalue weighted by molar-refractivity contribution is 0.273. The molecule has 0 aromatic heterocycles. The summed E-state index contributed by atoms with van der Waals surface area (Å²) < 4.78 is 18.2. The third kappa shape index (κ3) is 2.01. The van der Waals surface area contributed by atoms with Crippen LogP contribution in [0.15, 0.2) is 12.1 Å². The number of halogens is 1. The number of hydrogen-bond donors (Lipinski definition) is 1. The lowest BCUT2D eigenvalue weighted by Gasteiger charge is -2.07. The van der Waals surface area contributed by atoms with Gasteiger partial charge in [0.15, 0.2) is 0 Å². The van der Waals surface area contributed by atoms with E-state index >= 15 is 0 Å². The van der Waals surface area contributed by atoms with E-state index in [0.717, 1.165) is 6.07 Å². The quantitative estimate of drug-likeness (QED) is 0.796. The number of nitrogens with zero attached hydrogens (tertiary/aromatic N) is 1. The normalized spacial score (nSPS) is 9.57. The average Bonchev–Trinajstić information content (AvgIpc) is 2.20. The Balaban J connectivity index is 3.19. The maximum absolute atomic E-state index is 13.1.